The third kappa shape index (κ3) is 6.24. The van der Waals surface area contributed by atoms with E-state index in [0.717, 1.165) is 19.3 Å². The fraction of sp³-hybridized carbons (Fsp3) is 0.296. The van der Waals surface area contributed by atoms with Gasteiger partial charge in [0.05, 0.1) is 12.3 Å². The fourth-order valence-corrected chi connectivity index (χ4v) is 4.48. The molecule has 0 saturated carbocycles. The summed E-state index contributed by atoms with van der Waals surface area (Å²) in [5.41, 5.74) is 8.61. The minimum absolute atomic E-state index is 0.0253. The lowest BCUT2D eigenvalue weighted by Gasteiger charge is -2.39. The maximum atomic E-state index is 12.9. The van der Waals surface area contributed by atoms with Gasteiger partial charge in [-0.15, -0.1) is 0 Å². The van der Waals surface area contributed by atoms with Crippen LogP contribution in [-0.2, 0) is 9.53 Å². The summed E-state index contributed by atoms with van der Waals surface area (Å²) in [5.74, 6) is 0.252. The summed E-state index contributed by atoms with van der Waals surface area (Å²) < 4.78 is 9.77. The molecule has 1 atom stereocenters. The van der Waals surface area contributed by atoms with E-state index in [0.29, 0.717) is 48.0 Å². The number of carbonyl (C=O) groups excluding carboxylic acids is 2. The summed E-state index contributed by atoms with van der Waals surface area (Å²) in [7, 11) is 1.59. The number of nitrogens with zero attached hydrogens (tertiary/aromatic N) is 5. The number of anilines is 1. The second kappa shape index (κ2) is 12.6. The van der Waals surface area contributed by atoms with E-state index in [2.05, 4.69) is 27.2 Å². The Bertz CT molecular complexity index is 1260. The zero-order valence-electron chi connectivity index (χ0n) is 21.2. The molecule has 1 fully saturated rings. The molecule has 198 valence electrons. The second-order valence-corrected chi connectivity index (χ2v) is 8.78. The first kappa shape index (κ1) is 26.6. The van der Waals surface area contributed by atoms with Crippen molar-refractivity contribution in [3.63, 3.8) is 0 Å². The zero-order valence-corrected chi connectivity index (χ0v) is 21.2. The van der Waals surface area contributed by atoms with E-state index in [1.165, 1.54) is 6.26 Å². The minimum atomic E-state index is -0.323. The topological polar surface area (TPSA) is 139 Å². The Kier molecular flexibility index (Phi) is 8.83. The number of carbonyl (C=O) groups is 2. The van der Waals surface area contributed by atoms with E-state index in [9.17, 15) is 9.59 Å². The molecule has 3 N–H and O–H groups in total. The molecule has 2 amide bonds. The maximum absolute atomic E-state index is 12.9. The van der Waals surface area contributed by atoms with Crippen molar-refractivity contribution in [2.24, 2.45) is 15.7 Å². The number of methoxy groups -OCH3 is 1. The molecule has 2 aromatic rings. The Morgan fingerprint density at radius 1 is 1.26 bits per heavy atom. The van der Waals surface area contributed by atoms with Crippen LogP contribution < -0.4 is 11.1 Å². The third-order valence-corrected chi connectivity index (χ3v) is 6.31. The zero-order chi connectivity index (χ0) is 26.9. The molecular formula is C27H31N7O4. The molecule has 0 unspecified atom stereocenters. The largest absolute Gasteiger partial charge is 0.382 e. The number of nitrogens with one attached hydrogen (secondary N) is 1. The third-order valence-electron chi connectivity index (χ3n) is 6.31. The molecule has 1 aromatic heterocycles. The van der Waals surface area contributed by atoms with Crippen LogP contribution in [0, 0.1) is 0 Å². The van der Waals surface area contributed by atoms with Gasteiger partial charge >= 0.3 is 0 Å². The van der Waals surface area contributed by atoms with Crippen LogP contribution in [0.4, 0.5) is 5.82 Å². The highest BCUT2D eigenvalue weighted by atomic mass is 16.5. The van der Waals surface area contributed by atoms with Gasteiger partial charge in [-0.2, -0.15) is 0 Å². The molecule has 2 aliphatic heterocycles. The molecule has 4 rings (SSSR count). The van der Waals surface area contributed by atoms with Crippen LogP contribution in [-0.4, -0.2) is 72.2 Å². The number of amidine groups is 1. The second-order valence-electron chi connectivity index (χ2n) is 8.78. The van der Waals surface area contributed by atoms with Crippen molar-refractivity contribution in [1.82, 2.24) is 15.0 Å². The number of ether oxygens (including phenoxy) is 1. The van der Waals surface area contributed by atoms with Crippen molar-refractivity contribution < 1.29 is 18.8 Å². The van der Waals surface area contributed by atoms with E-state index >= 15 is 0 Å². The van der Waals surface area contributed by atoms with Gasteiger partial charge in [-0.3, -0.25) is 14.6 Å². The maximum Gasteiger partial charge on any atom is 0.256 e. The number of nitrogens with two attached hydrogens (primary N) is 1. The number of aromatic nitrogens is 1. The van der Waals surface area contributed by atoms with E-state index in [1.54, 1.807) is 55.8 Å². The van der Waals surface area contributed by atoms with Gasteiger partial charge in [0.1, 0.15) is 17.8 Å². The Labute approximate surface area is 221 Å². The first-order valence-corrected chi connectivity index (χ1v) is 12.3. The van der Waals surface area contributed by atoms with Crippen LogP contribution >= 0.6 is 0 Å². The van der Waals surface area contributed by atoms with Crippen LogP contribution in [0.3, 0.4) is 0 Å². The molecule has 38 heavy (non-hydrogen) atoms. The van der Waals surface area contributed by atoms with Crippen LogP contribution in [0.1, 0.15) is 35.2 Å². The van der Waals surface area contributed by atoms with Gasteiger partial charge in [-0.25, -0.2) is 4.99 Å². The van der Waals surface area contributed by atoms with Gasteiger partial charge in [0.25, 0.3) is 5.91 Å². The van der Waals surface area contributed by atoms with E-state index < -0.39 is 0 Å². The molecule has 3 heterocycles. The fourth-order valence-electron chi connectivity index (χ4n) is 4.48. The molecule has 0 spiro atoms. The van der Waals surface area contributed by atoms with E-state index in [4.69, 9.17) is 15.0 Å². The Hall–Kier alpha value is -4.51. The van der Waals surface area contributed by atoms with Gasteiger partial charge in [0.2, 0.25) is 5.91 Å². The Balaban J connectivity index is 1.57. The summed E-state index contributed by atoms with van der Waals surface area (Å²) in [6, 6.07) is 8.44. The predicted molar refractivity (Wildman–Crippen MR) is 145 cm³/mol. The number of rotatable bonds is 9. The van der Waals surface area contributed by atoms with Crippen LogP contribution in [0.25, 0.3) is 5.70 Å². The standard InChI is InChI=1S/C27H31N7O4/c1-29-24(19-8-10-20(11-9-19)27(36)31-22-12-17-38-32-22)25-26(28)30-13-15-33(25)18-21-6-3-4-14-34(21)23(35)7-5-16-37-2/h5,7-13,15,17,21H,1,3-4,6,14,16,18H2,2H3,(H2,28,30)(H,31,32,36)/b7-5+,25-24-/t21-/m0/s1. The van der Waals surface area contributed by atoms with Crippen LogP contribution in [0.15, 0.2) is 81.4 Å². The number of hydrogen-bond acceptors (Lipinski definition) is 9. The summed E-state index contributed by atoms with van der Waals surface area (Å²) in [5, 5.41) is 6.35. The monoisotopic (exact) mass is 517 g/mol. The smallest absolute Gasteiger partial charge is 0.256 e. The SMILES string of the molecule is C=N/C(=C1/C(N)=NC=CN1C[C@@H]1CCCCN1C(=O)/C=C/COC)c1ccc(C(=O)Nc2ccon2)cc1. The molecule has 0 bridgehead atoms. The number of hydrogen-bond donors (Lipinski definition) is 2. The lowest BCUT2D eigenvalue weighted by molar-refractivity contribution is -0.129. The lowest BCUT2D eigenvalue weighted by Crippen LogP contribution is -2.49. The number of aliphatic imine (C=N–C) groups is 2. The summed E-state index contributed by atoms with van der Waals surface area (Å²) in [4.78, 5) is 37.8. The minimum Gasteiger partial charge on any atom is -0.382 e. The highest BCUT2D eigenvalue weighted by molar-refractivity contribution is 6.06. The predicted octanol–water partition coefficient (Wildman–Crippen LogP) is 3.02. The van der Waals surface area contributed by atoms with Gasteiger partial charge in [-0.05, 0) is 38.1 Å². The normalized spacial score (nSPS) is 18.9. The highest BCUT2D eigenvalue weighted by Crippen LogP contribution is 2.28. The van der Waals surface area contributed by atoms with Crippen LogP contribution in [0.5, 0.6) is 0 Å². The molecule has 11 nitrogen and oxygen atoms in total. The van der Waals surface area contributed by atoms with Crippen molar-refractivity contribution in [3.05, 3.63) is 78.0 Å². The first-order chi connectivity index (χ1) is 18.5. The first-order valence-electron chi connectivity index (χ1n) is 12.3. The van der Waals surface area contributed by atoms with E-state index in [1.807, 2.05) is 16.0 Å². The number of likely N-dealkylation sites (tertiary alicyclic amines) is 1. The number of benzene rings is 1. The molecule has 0 aliphatic carbocycles. The Morgan fingerprint density at radius 2 is 2.05 bits per heavy atom. The van der Waals surface area contributed by atoms with Gasteiger partial charge < -0.3 is 30.1 Å². The molecular weight excluding hydrogens is 486 g/mol. The summed E-state index contributed by atoms with van der Waals surface area (Å²) >= 11 is 0. The van der Waals surface area contributed by atoms with E-state index in [-0.39, 0.29) is 23.7 Å². The van der Waals surface area contributed by atoms with Gasteiger partial charge in [0.15, 0.2) is 5.82 Å². The van der Waals surface area contributed by atoms with Gasteiger partial charge in [0, 0.05) is 61.9 Å². The quantitative estimate of drug-likeness (QED) is 0.385. The van der Waals surface area contributed by atoms with Crippen molar-refractivity contribution in [2.45, 2.75) is 25.3 Å². The van der Waals surface area contributed by atoms with Crippen molar-refractivity contribution in [1.29, 1.82) is 0 Å². The Morgan fingerprint density at radius 3 is 2.76 bits per heavy atom. The van der Waals surface area contributed by atoms with Crippen molar-refractivity contribution in [3.8, 4) is 0 Å². The van der Waals surface area contributed by atoms with Crippen molar-refractivity contribution >= 4 is 35.9 Å². The average molecular weight is 518 g/mol. The number of amides is 2. The van der Waals surface area contributed by atoms with Crippen molar-refractivity contribution in [2.75, 3.05) is 32.1 Å². The molecule has 0 radical (unpaired) electrons. The molecule has 1 saturated heterocycles. The molecule has 11 heteroatoms. The average Bonchev–Trinajstić information content (AvgIpc) is 3.44. The number of piperidine rings is 1. The summed E-state index contributed by atoms with van der Waals surface area (Å²) in [6.07, 6.45) is 11.0. The molecule has 1 aromatic carbocycles. The van der Waals surface area contributed by atoms with Crippen LogP contribution in [0.2, 0.25) is 0 Å². The highest BCUT2D eigenvalue weighted by Gasteiger charge is 2.30. The van der Waals surface area contributed by atoms with Gasteiger partial charge in [-0.1, -0.05) is 23.4 Å². The summed E-state index contributed by atoms with van der Waals surface area (Å²) in [6.45, 7) is 5.35. The molecule has 2 aliphatic rings. The lowest BCUT2D eigenvalue weighted by atomic mass is 10.00.